The van der Waals surface area contributed by atoms with Gasteiger partial charge < -0.3 is 25.0 Å². The molecule has 13 nitrogen and oxygen atoms in total. The maximum atomic E-state index is 14.1. The molecule has 0 bridgehead atoms. The van der Waals surface area contributed by atoms with Crippen LogP contribution in [0.25, 0.3) is 11.8 Å². The van der Waals surface area contributed by atoms with Crippen molar-refractivity contribution < 1.29 is 28.7 Å². The van der Waals surface area contributed by atoms with Crippen LogP contribution < -0.4 is 10.6 Å². The molecule has 0 fully saturated rings. The van der Waals surface area contributed by atoms with Crippen LogP contribution in [-0.4, -0.2) is 81.2 Å². The second kappa shape index (κ2) is 15.2. The number of rotatable bonds is 10. The number of nitrogens with zero attached hydrogens (tertiary/aromatic N) is 5. The third-order valence-electron chi connectivity index (χ3n) is 7.57. The lowest BCUT2D eigenvalue weighted by Crippen LogP contribution is -2.45. The molecular weight excluding hydrogens is 650 g/mol. The van der Waals surface area contributed by atoms with Crippen molar-refractivity contribution in [3.63, 3.8) is 0 Å². The number of ether oxygens (including phenoxy) is 2. The van der Waals surface area contributed by atoms with Crippen molar-refractivity contribution in [2.75, 3.05) is 32.1 Å². The Morgan fingerprint density at radius 1 is 1.06 bits per heavy atom. The predicted octanol–water partition coefficient (Wildman–Crippen LogP) is 4.43. The van der Waals surface area contributed by atoms with Crippen molar-refractivity contribution in [2.45, 2.75) is 38.8 Å². The number of carbonyl (C=O) groups is 4. The molecule has 3 aromatic carbocycles. The number of methoxy groups -OCH3 is 1. The standard InChI is InChI=1S/C35H36ClN7O6/c1-35(2,3)49-34(47)22-8-12-25(13-9-22)39-33(46)31-27-6-5-7-28(32(45)37-17-19-48-4)26(27)16-18-42(31)30(44)15-10-23-20-24(36)11-14-29(23)43-21-38-40-41-43/h5-15,20-21,31H,16-19H2,1-4H3,(H,37,45)(H,39,46)/b15-10+. The number of amides is 3. The fourth-order valence-corrected chi connectivity index (χ4v) is 5.58. The topological polar surface area (TPSA) is 158 Å². The highest BCUT2D eigenvalue weighted by atomic mass is 35.5. The number of tetrazole rings is 1. The molecule has 49 heavy (non-hydrogen) atoms. The van der Waals surface area contributed by atoms with Gasteiger partial charge in [-0.2, -0.15) is 4.68 Å². The normalized spacial score (nSPS) is 14.3. The number of nitrogens with one attached hydrogen (secondary N) is 2. The molecule has 3 amide bonds. The van der Waals surface area contributed by atoms with Crippen LogP contribution in [0.5, 0.6) is 0 Å². The Hall–Kier alpha value is -5.40. The molecule has 0 aliphatic carbocycles. The van der Waals surface area contributed by atoms with Gasteiger partial charge in [-0.05, 0) is 103 Å². The summed E-state index contributed by atoms with van der Waals surface area (Å²) in [6, 6.07) is 15.4. The molecule has 0 radical (unpaired) electrons. The average molecular weight is 686 g/mol. The first-order chi connectivity index (χ1) is 23.4. The molecule has 4 aromatic rings. The second-order valence-electron chi connectivity index (χ2n) is 12.2. The third kappa shape index (κ3) is 8.55. The zero-order chi connectivity index (χ0) is 35.1. The molecule has 0 saturated heterocycles. The Kier molecular flexibility index (Phi) is 10.8. The molecule has 5 rings (SSSR count). The van der Waals surface area contributed by atoms with E-state index in [9.17, 15) is 19.2 Å². The summed E-state index contributed by atoms with van der Waals surface area (Å²) in [5.74, 6) is -1.73. The van der Waals surface area contributed by atoms with Crippen molar-refractivity contribution in [3.05, 3.63) is 106 Å². The molecule has 1 unspecified atom stereocenters. The first-order valence-corrected chi connectivity index (χ1v) is 15.9. The molecule has 14 heteroatoms. The van der Waals surface area contributed by atoms with Gasteiger partial charge in [0.25, 0.3) is 11.8 Å². The fourth-order valence-electron chi connectivity index (χ4n) is 5.40. The number of esters is 1. The van der Waals surface area contributed by atoms with Gasteiger partial charge in [0.1, 0.15) is 18.0 Å². The van der Waals surface area contributed by atoms with Crippen LogP contribution in [0.1, 0.15) is 64.2 Å². The lowest BCUT2D eigenvalue weighted by Gasteiger charge is -2.36. The third-order valence-corrected chi connectivity index (χ3v) is 7.80. The van der Waals surface area contributed by atoms with Crippen molar-refractivity contribution in [1.82, 2.24) is 30.4 Å². The van der Waals surface area contributed by atoms with E-state index in [1.807, 2.05) is 0 Å². The van der Waals surface area contributed by atoms with Crippen LogP contribution in [0.2, 0.25) is 5.02 Å². The summed E-state index contributed by atoms with van der Waals surface area (Å²) in [6.45, 7) is 6.15. The minimum atomic E-state index is -1.09. The van der Waals surface area contributed by atoms with Crippen LogP contribution in [0.15, 0.2) is 73.1 Å². The van der Waals surface area contributed by atoms with Gasteiger partial charge in [-0.15, -0.1) is 5.10 Å². The molecule has 0 spiro atoms. The fraction of sp³-hybridized carbons (Fsp3) is 0.286. The number of halogens is 1. The number of anilines is 1. The van der Waals surface area contributed by atoms with E-state index < -0.39 is 29.4 Å². The Bertz CT molecular complexity index is 1870. The Morgan fingerprint density at radius 2 is 1.84 bits per heavy atom. The highest BCUT2D eigenvalue weighted by Gasteiger charge is 2.37. The van der Waals surface area contributed by atoms with E-state index in [1.165, 1.54) is 22.0 Å². The summed E-state index contributed by atoms with van der Waals surface area (Å²) in [6.07, 6.45) is 4.71. The lowest BCUT2D eigenvalue weighted by molar-refractivity contribution is -0.135. The van der Waals surface area contributed by atoms with Crippen LogP contribution in [-0.2, 0) is 25.5 Å². The van der Waals surface area contributed by atoms with Crippen LogP contribution in [0.3, 0.4) is 0 Å². The van der Waals surface area contributed by atoms with E-state index in [-0.39, 0.29) is 12.5 Å². The van der Waals surface area contributed by atoms with Gasteiger partial charge in [0.05, 0.1) is 17.9 Å². The van der Waals surface area contributed by atoms with Crippen molar-refractivity contribution >= 4 is 47.1 Å². The van der Waals surface area contributed by atoms with E-state index >= 15 is 0 Å². The molecule has 1 aliphatic rings. The molecule has 0 saturated carbocycles. The summed E-state index contributed by atoms with van der Waals surface area (Å²) in [5, 5.41) is 17.5. The molecule has 2 N–H and O–H groups in total. The highest BCUT2D eigenvalue weighted by molar-refractivity contribution is 6.30. The van der Waals surface area contributed by atoms with Gasteiger partial charge in [-0.25, -0.2) is 4.79 Å². The first-order valence-electron chi connectivity index (χ1n) is 15.5. The highest BCUT2D eigenvalue weighted by Crippen LogP contribution is 2.34. The van der Waals surface area contributed by atoms with E-state index in [2.05, 4.69) is 26.2 Å². The van der Waals surface area contributed by atoms with Gasteiger partial charge in [-0.3, -0.25) is 14.4 Å². The summed E-state index contributed by atoms with van der Waals surface area (Å²) >= 11 is 6.27. The molecule has 1 aliphatic heterocycles. The summed E-state index contributed by atoms with van der Waals surface area (Å²) in [5.41, 5.74) is 2.84. The molecule has 1 atom stereocenters. The van der Waals surface area contributed by atoms with Gasteiger partial charge >= 0.3 is 5.97 Å². The Morgan fingerprint density at radius 3 is 2.53 bits per heavy atom. The minimum absolute atomic E-state index is 0.156. The monoisotopic (exact) mass is 685 g/mol. The SMILES string of the molecule is COCCNC(=O)c1cccc2c1CCN(C(=O)/C=C/c1cc(Cl)ccc1-n1cnnn1)C2C(=O)Nc1ccc(C(=O)OC(C)(C)C)cc1. The summed E-state index contributed by atoms with van der Waals surface area (Å²) < 4.78 is 11.9. The van der Waals surface area contributed by atoms with Crippen molar-refractivity contribution in [3.8, 4) is 5.69 Å². The molecule has 2 heterocycles. The van der Waals surface area contributed by atoms with Gasteiger partial charge in [-0.1, -0.05) is 23.7 Å². The minimum Gasteiger partial charge on any atom is -0.456 e. The van der Waals surface area contributed by atoms with E-state index in [0.717, 1.165) is 0 Å². The second-order valence-corrected chi connectivity index (χ2v) is 12.6. The first kappa shape index (κ1) is 34.9. The van der Waals surface area contributed by atoms with E-state index in [4.69, 9.17) is 21.1 Å². The van der Waals surface area contributed by atoms with E-state index in [0.29, 0.717) is 63.8 Å². The zero-order valence-electron chi connectivity index (χ0n) is 27.5. The smallest absolute Gasteiger partial charge is 0.338 e. The summed E-state index contributed by atoms with van der Waals surface area (Å²) in [7, 11) is 1.55. The van der Waals surface area contributed by atoms with Gasteiger partial charge in [0.15, 0.2) is 0 Å². The zero-order valence-corrected chi connectivity index (χ0v) is 28.2. The average Bonchev–Trinajstić information content (AvgIpc) is 3.61. The maximum absolute atomic E-state index is 14.1. The van der Waals surface area contributed by atoms with Gasteiger partial charge in [0, 0.05) is 48.1 Å². The number of aromatic nitrogens is 4. The summed E-state index contributed by atoms with van der Waals surface area (Å²) in [4.78, 5) is 55.1. The molecule has 254 valence electrons. The number of benzene rings is 3. The molecule has 1 aromatic heterocycles. The largest absolute Gasteiger partial charge is 0.456 e. The Balaban J connectivity index is 1.46. The molecular formula is C35H36ClN7O6. The van der Waals surface area contributed by atoms with Crippen molar-refractivity contribution in [2.24, 2.45) is 0 Å². The van der Waals surface area contributed by atoms with E-state index in [1.54, 1.807) is 94.6 Å². The quantitative estimate of drug-likeness (QED) is 0.140. The van der Waals surface area contributed by atoms with Crippen LogP contribution in [0.4, 0.5) is 5.69 Å². The van der Waals surface area contributed by atoms with Crippen LogP contribution in [0, 0.1) is 0 Å². The lowest BCUT2D eigenvalue weighted by atomic mass is 9.88. The van der Waals surface area contributed by atoms with Crippen LogP contribution >= 0.6 is 11.6 Å². The number of carbonyl (C=O) groups excluding carboxylic acids is 4. The van der Waals surface area contributed by atoms with Gasteiger partial charge in [0.2, 0.25) is 5.91 Å². The number of fused-ring (bicyclic) bond motifs is 1. The predicted molar refractivity (Wildman–Crippen MR) is 182 cm³/mol. The number of hydrogen-bond acceptors (Lipinski definition) is 9. The maximum Gasteiger partial charge on any atom is 0.338 e. The number of hydrogen-bond donors (Lipinski definition) is 2. The Labute approximate surface area is 288 Å². The van der Waals surface area contributed by atoms with Crippen molar-refractivity contribution in [1.29, 1.82) is 0 Å².